The molecule has 0 radical (unpaired) electrons. The van der Waals surface area contributed by atoms with Gasteiger partial charge in [-0.1, -0.05) is 25.1 Å². The Morgan fingerprint density at radius 2 is 1.68 bits per heavy atom. The lowest BCUT2D eigenvalue weighted by molar-refractivity contribution is 0.0654. The smallest absolute Gasteiger partial charge is 0.261 e. The Hall–Kier alpha value is -4.26. The number of pyridine rings is 1. The van der Waals surface area contributed by atoms with Gasteiger partial charge in [0.25, 0.3) is 11.8 Å². The second kappa shape index (κ2) is 13.1. The van der Waals surface area contributed by atoms with Gasteiger partial charge < -0.3 is 4.90 Å². The second-order valence-electron chi connectivity index (χ2n) is 11.9. The number of anilines is 2. The van der Waals surface area contributed by atoms with Gasteiger partial charge in [-0.2, -0.15) is 0 Å². The molecule has 1 saturated heterocycles. The number of piperidine rings is 1. The van der Waals surface area contributed by atoms with Gasteiger partial charge in [-0.15, -0.1) is 11.3 Å². The molecule has 9 nitrogen and oxygen atoms in total. The predicted octanol–water partition coefficient (Wildman–Crippen LogP) is 6.46. The molecule has 0 bridgehead atoms. The number of thiazole rings is 1. The van der Waals surface area contributed by atoms with E-state index in [1.807, 2.05) is 16.7 Å². The van der Waals surface area contributed by atoms with Crippen molar-refractivity contribution >= 4 is 50.7 Å². The van der Waals surface area contributed by atoms with E-state index in [2.05, 4.69) is 34.6 Å². The number of carbonyl (C=O) groups excluding carboxylic acids is 2. The molecule has 0 N–H and O–H groups in total. The van der Waals surface area contributed by atoms with Crippen LogP contribution in [0.2, 0.25) is 0 Å². The monoisotopic (exact) mass is 670 g/mol. The zero-order chi connectivity index (χ0) is 32.7. The third-order valence-electron chi connectivity index (χ3n) is 9.05. The van der Waals surface area contributed by atoms with Gasteiger partial charge in [0.2, 0.25) is 0 Å². The van der Waals surface area contributed by atoms with Crippen LogP contribution >= 0.6 is 11.3 Å². The molecule has 2 aromatic carbocycles. The molecule has 0 aliphatic carbocycles. The van der Waals surface area contributed by atoms with Gasteiger partial charge in [-0.25, -0.2) is 22.9 Å². The minimum atomic E-state index is -1.18. The standard InChI is InChI=1S/C35H35FN6O3S2/c1-3-29-32(39(2)35-38-30(22-46-35)24-9-12-26(36)13-10-24)42-21-25(11-14-31(42)37-29)23-15-18-40(19-16-23)47(45)20-6-17-41-33(43)27-7-4-5-8-28(27)34(41)44/h4-5,7-14,21-23H,3,6,15-20H2,1-2H3. The molecule has 7 rings (SSSR count). The molecule has 5 aromatic rings. The van der Waals surface area contributed by atoms with Gasteiger partial charge >= 0.3 is 0 Å². The van der Waals surface area contributed by atoms with Gasteiger partial charge in [0.05, 0.1) is 33.5 Å². The number of imide groups is 1. The SMILES string of the molecule is CCc1nc2ccc(C3CCN(S(=O)CCCN4C(=O)c5ccccc5C4=O)CC3)cn2c1N(C)c1nc(-c2ccc(F)cc2)cs1. The van der Waals surface area contributed by atoms with Crippen LogP contribution in [0.15, 0.2) is 72.2 Å². The predicted molar refractivity (Wildman–Crippen MR) is 183 cm³/mol. The van der Waals surface area contributed by atoms with E-state index in [0.29, 0.717) is 42.3 Å². The first-order valence-electron chi connectivity index (χ1n) is 15.9. The average Bonchev–Trinajstić information content (AvgIpc) is 3.80. The number of benzene rings is 2. The van der Waals surface area contributed by atoms with Crippen molar-refractivity contribution in [1.82, 2.24) is 23.6 Å². The molecular weight excluding hydrogens is 636 g/mol. The number of hydrogen-bond acceptors (Lipinski definition) is 7. The largest absolute Gasteiger partial charge is 0.305 e. The fourth-order valence-electron chi connectivity index (χ4n) is 6.50. The molecule has 0 spiro atoms. The van der Waals surface area contributed by atoms with E-state index in [1.165, 1.54) is 33.9 Å². The molecule has 1 unspecified atom stereocenters. The number of aromatic nitrogens is 3. The van der Waals surface area contributed by atoms with Crippen LogP contribution in [0.1, 0.15) is 64.1 Å². The van der Waals surface area contributed by atoms with E-state index in [0.717, 1.165) is 52.8 Å². The molecule has 2 amide bonds. The van der Waals surface area contributed by atoms with Gasteiger partial charge in [0.15, 0.2) is 5.13 Å². The normalized spacial score (nSPS) is 16.3. The molecule has 2 aliphatic rings. The van der Waals surface area contributed by atoms with E-state index in [4.69, 9.17) is 9.97 Å². The third-order valence-corrected chi connectivity index (χ3v) is 11.5. The molecule has 3 aromatic heterocycles. The summed E-state index contributed by atoms with van der Waals surface area (Å²) in [7, 11) is 0.827. The number of fused-ring (bicyclic) bond motifs is 2. The highest BCUT2D eigenvalue weighted by Crippen LogP contribution is 2.35. The quantitative estimate of drug-likeness (QED) is 0.159. The van der Waals surface area contributed by atoms with Gasteiger partial charge in [0.1, 0.15) is 17.3 Å². The lowest BCUT2D eigenvalue weighted by Gasteiger charge is -2.31. The van der Waals surface area contributed by atoms with Crippen LogP contribution in [0.3, 0.4) is 0 Å². The molecule has 1 fully saturated rings. The van der Waals surface area contributed by atoms with Crippen molar-refractivity contribution < 1.29 is 18.2 Å². The molecule has 12 heteroatoms. The molecule has 0 saturated carbocycles. The maximum Gasteiger partial charge on any atom is 0.261 e. The first-order valence-corrected chi connectivity index (χ1v) is 18.0. The van der Waals surface area contributed by atoms with Crippen LogP contribution in [0.25, 0.3) is 16.9 Å². The number of nitrogens with zero attached hydrogens (tertiary/aromatic N) is 6. The molecule has 1 atom stereocenters. The van der Waals surface area contributed by atoms with Crippen LogP contribution in [-0.4, -0.2) is 72.0 Å². The number of halogens is 1. The van der Waals surface area contributed by atoms with Crippen LogP contribution in [-0.2, 0) is 17.4 Å². The summed E-state index contributed by atoms with van der Waals surface area (Å²) < 4.78 is 30.8. The number of hydrogen-bond donors (Lipinski definition) is 0. The van der Waals surface area contributed by atoms with Crippen LogP contribution < -0.4 is 4.90 Å². The topological polar surface area (TPSA) is 91.1 Å². The summed E-state index contributed by atoms with van der Waals surface area (Å²) in [6.07, 6.45) is 5.20. The zero-order valence-corrected chi connectivity index (χ0v) is 27.9. The summed E-state index contributed by atoms with van der Waals surface area (Å²) >= 11 is 1.54. The third kappa shape index (κ3) is 6.01. The maximum absolute atomic E-state index is 13.5. The number of aryl methyl sites for hydroxylation is 1. The van der Waals surface area contributed by atoms with E-state index < -0.39 is 11.0 Å². The molecule has 2 aliphatic heterocycles. The second-order valence-corrected chi connectivity index (χ2v) is 14.3. The summed E-state index contributed by atoms with van der Waals surface area (Å²) in [4.78, 5) is 38.4. The van der Waals surface area contributed by atoms with Crippen molar-refractivity contribution in [1.29, 1.82) is 0 Å². The van der Waals surface area contributed by atoms with Crippen molar-refractivity contribution in [2.75, 3.05) is 37.3 Å². The minimum absolute atomic E-state index is 0.268. The number of carbonyl (C=O) groups is 2. The summed E-state index contributed by atoms with van der Waals surface area (Å²) in [6, 6.07) is 17.5. The van der Waals surface area contributed by atoms with Crippen molar-refractivity contribution in [3.8, 4) is 11.3 Å². The molecule has 5 heterocycles. The first kappa shape index (κ1) is 31.3. The van der Waals surface area contributed by atoms with Crippen molar-refractivity contribution in [2.45, 2.75) is 38.5 Å². The fraction of sp³-hybridized carbons (Fsp3) is 0.314. The number of imidazole rings is 1. The number of amides is 2. The van der Waals surface area contributed by atoms with Crippen LogP contribution in [0, 0.1) is 5.82 Å². The highest BCUT2D eigenvalue weighted by Gasteiger charge is 2.35. The molecule has 47 heavy (non-hydrogen) atoms. The lowest BCUT2D eigenvalue weighted by Crippen LogP contribution is -2.37. The van der Waals surface area contributed by atoms with Crippen molar-refractivity contribution in [2.24, 2.45) is 0 Å². The van der Waals surface area contributed by atoms with E-state index in [-0.39, 0.29) is 24.2 Å². The molecular formula is C35H35FN6O3S2. The van der Waals surface area contributed by atoms with Crippen LogP contribution in [0.4, 0.5) is 15.3 Å². The maximum atomic E-state index is 13.5. The fourth-order valence-corrected chi connectivity index (χ4v) is 8.56. The summed E-state index contributed by atoms with van der Waals surface area (Å²) in [5, 5.41) is 2.81. The summed E-state index contributed by atoms with van der Waals surface area (Å²) in [5.74, 6) is 0.894. The highest BCUT2D eigenvalue weighted by atomic mass is 32.2. The van der Waals surface area contributed by atoms with Gasteiger partial charge in [-0.3, -0.25) is 18.9 Å². The zero-order valence-electron chi connectivity index (χ0n) is 26.3. The average molecular weight is 671 g/mol. The van der Waals surface area contributed by atoms with Crippen molar-refractivity contribution in [3.63, 3.8) is 0 Å². The van der Waals surface area contributed by atoms with E-state index >= 15 is 0 Å². The van der Waals surface area contributed by atoms with E-state index in [1.54, 1.807) is 36.4 Å². The van der Waals surface area contributed by atoms with Crippen molar-refractivity contribution in [3.05, 3.63) is 100 Å². The Morgan fingerprint density at radius 3 is 2.36 bits per heavy atom. The Balaban J connectivity index is 0.995. The number of rotatable bonds is 10. The van der Waals surface area contributed by atoms with E-state index in [9.17, 15) is 18.2 Å². The van der Waals surface area contributed by atoms with Gasteiger partial charge in [0, 0.05) is 49.6 Å². The molecule has 242 valence electrons. The van der Waals surface area contributed by atoms with Crippen LogP contribution in [0.5, 0.6) is 0 Å². The lowest BCUT2D eigenvalue weighted by atomic mass is 9.91. The Morgan fingerprint density at radius 1 is 0.979 bits per heavy atom. The summed E-state index contributed by atoms with van der Waals surface area (Å²) in [6.45, 7) is 3.79. The summed E-state index contributed by atoms with van der Waals surface area (Å²) in [5.41, 5.74) is 5.63. The Kier molecular flexibility index (Phi) is 8.73. The minimum Gasteiger partial charge on any atom is -0.305 e. The highest BCUT2D eigenvalue weighted by molar-refractivity contribution is 7.82. The van der Waals surface area contributed by atoms with Gasteiger partial charge in [-0.05, 0) is 79.6 Å². The Labute approximate surface area is 279 Å². The first-order chi connectivity index (χ1) is 22.8. The Bertz CT molecular complexity index is 1950.